The summed E-state index contributed by atoms with van der Waals surface area (Å²) in [6.45, 7) is 0. The summed E-state index contributed by atoms with van der Waals surface area (Å²) in [6.07, 6.45) is 4.94. The number of pyridine rings is 2. The minimum absolute atomic E-state index is 0. The molecule has 0 aliphatic heterocycles. The predicted octanol–water partition coefficient (Wildman–Crippen LogP) is 4.48. The molecule has 1 amide bonds. The van der Waals surface area contributed by atoms with Crippen LogP contribution in [-0.2, 0) is 24.1 Å². The van der Waals surface area contributed by atoms with Gasteiger partial charge in [0.1, 0.15) is 5.82 Å². The molecular weight excluding hydrogens is 395 g/mol. The van der Waals surface area contributed by atoms with Gasteiger partial charge in [0.2, 0.25) is 5.91 Å². The Hall–Kier alpha value is -2.63. The molecule has 3 N–H and O–H groups in total. The summed E-state index contributed by atoms with van der Waals surface area (Å²) in [5.74, 6) is 0.358. The quantitative estimate of drug-likeness (QED) is 0.644. The number of nitrogens with one attached hydrogen (secondary N) is 1. The van der Waals surface area contributed by atoms with Crippen LogP contribution in [0.5, 0.6) is 0 Å². The zero-order valence-corrected chi connectivity index (χ0v) is 16.7. The molecule has 0 spiro atoms. The van der Waals surface area contributed by atoms with E-state index in [9.17, 15) is 4.79 Å². The number of amides is 1. The largest absolute Gasteiger partial charge is 0.369 e. The van der Waals surface area contributed by atoms with Crippen LogP contribution in [0, 0.1) is 0 Å². The van der Waals surface area contributed by atoms with Gasteiger partial charge in [-0.3, -0.25) is 9.78 Å². The van der Waals surface area contributed by atoms with Crippen LogP contribution < -0.4 is 11.1 Å². The maximum Gasteiger partial charge on any atom is 0.221 e. The lowest BCUT2D eigenvalue weighted by molar-refractivity contribution is -0.117. The number of hydrogen-bond donors (Lipinski definition) is 2. The van der Waals surface area contributed by atoms with Gasteiger partial charge in [0, 0.05) is 28.2 Å². The van der Waals surface area contributed by atoms with Gasteiger partial charge in [-0.05, 0) is 54.7 Å². The van der Waals surface area contributed by atoms with Crippen LogP contribution in [0.4, 0.5) is 11.5 Å². The van der Waals surface area contributed by atoms with Crippen LogP contribution >= 0.6 is 24.0 Å². The summed E-state index contributed by atoms with van der Waals surface area (Å²) in [5.41, 5.74) is 11.3. The maximum atomic E-state index is 11.0. The lowest BCUT2D eigenvalue weighted by Gasteiger charge is -2.13. The number of rotatable bonds is 5. The number of nitrogens with two attached hydrogens (primary N) is 1. The van der Waals surface area contributed by atoms with Crippen molar-refractivity contribution in [2.75, 3.05) is 5.32 Å². The minimum atomic E-state index is -0.365. The monoisotopic (exact) mass is 414 g/mol. The molecule has 0 bridgehead atoms. The first-order valence-electron chi connectivity index (χ1n) is 8.87. The highest BCUT2D eigenvalue weighted by Crippen LogP contribution is 2.33. The van der Waals surface area contributed by atoms with E-state index in [4.69, 9.17) is 22.3 Å². The highest BCUT2D eigenvalue weighted by molar-refractivity contribution is 6.30. The Morgan fingerprint density at radius 3 is 2.75 bits per heavy atom. The van der Waals surface area contributed by atoms with Gasteiger partial charge in [-0.25, -0.2) is 4.98 Å². The van der Waals surface area contributed by atoms with Gasteiger partial charge in [0.15, 0.2) is 0 Å². The molecule has 28 heavy (non-hydrogen) atoms. The molecule has 0 saturated heterocycles. The van der Waals surface area contributed by atoms with Crippen molar-refractivity contribution < 1.29 is 4.79 Å². The van der Waals surface area contributed by atoms with Crippen LogP contribution in [0.1, 0.15) is 23.2 Å². The van der Waals surface area contributed by atoms with Gasteiger partial charge in [-0.15, -0.1) is 12.4 Å². The highest BCUT2D eigenvalue weighted by atomic mass is 35.5. The molecule has 7 heteroatoms. The van der Waals surface area contributed by atoms with Gasteiger partial charge in [-0.2, -0.15) is 0 Å². The lowest BCUT2D eigenvalue weighted by Crippen LogP contribution is -2.13. The smallest absolute Gasteiger partial charge is 0.221 e. The second-order valence-corrected chi connectivity index (χ2v) is 7.10. The fraction of sp³-hybridized carbons (Fsp3) is 0.190. The number of carbonyl (C=O) groups excluding carboxylic acids is 1. The number of aryl methyl sites for hydroxylation is 1. The average molecular weight is 415 g/mol. The molecule has 2 aromatic heterocycles. The zero-order chi connectivity index (χ0) is 18.8. The van der Waals surface area contributed by atoms with Crippen LogP contribution in [0.25, 0.3) is 11.3 Å². The van der Waals surface area contributed by atoms with Gasteiger partial charge in [-0.1, -0.05) is 29.8 Å². The van der Waals surface area contributed by atoms with Crippen molar-refractivity contribution in [2.45, 2.75) is 25.7 Å². The summed E-state index contributed by atoms with van der Waals surface area (Å²) in [5, 5.41) is 4.10. The number of anilines is 2. The average Bonchev–Trinajstić information content (AvgIpc) is 3.12. The molecule has 0 atom stereocenters. The molecule has 3 aromatic rings. The topological polar surface area (TPSA) is 80.9 Å². The number of fused-ring (bicyclic) bond motifs is 1. The van der Waals surface area contributed by atoms with Crippen molar-refractivity contribution in [1.29, 1.82) is 0 Å². The minimum Gasteiger partial charge on any atom is -0.369 e. The number of primary amides is 1. The molecule has 2 heterocycles. The number of nitrogens with zero attached hydrogens (tertiary/aromatic N) is 2. The van der Waals surface area contributed by atoms with Crippen LogP contribution in [0.3, 0.4) is 0 Å². The number of benzene rings is 1. The Bertz CT molecular complexity index is 1010. The Morgan fingerprint density at radius 1 is 1.18 bits per heavy atom. The molecule has 0 radical (unpaired) electrons. The zero-order valence-electron chi connectivity index (χ0n) is 15.1. The number of aromatic nitrogens is 2. The van der Waals surface area contributed by atoms with E-state index in [1.807, 2.05) is 36.4 Å². The Balaban J connectivity index is 0.00000225. The number of carbonyl (C=O) groups is 1. The summed E-state index contributed by atoms with van der Waals surface area (Å²) in [7, 11) is 0. The van der Waals surface area contributed by atoms with E-state index in [1.165, 1.54) is 5.56 Å². The van der Waals surface area contributed by atoms with E-state index in [0.29, 0.717) is 5.02 Å². The molecule has 4 rings (SSSR count). The van der Waals surface area contributed by atoms with Gasteiger partial charge in [0.25, 0.3) is 0 Å². The maximum absolute atomic E-state index is 11.0. The molecule has 0 fully saturated rings. The first-order valence-corrected chi connectivity index (χ1v) is 9.25. The van der Waals surface area contributed by atoms with E-state index in [0.717, 1.165) is 53.3 Å². The second-order valence-electron chi connectivity index (χ2n) is 6.66. The van der Waals surface area contributed by atoms with Crippen molar-refractivity contribution in [3.05, 3.63) is 70.5 Å². The summed E-state index contributed by atoms with van der Waals surface area (Å²) < 4.78 is 0. The highest BCUT2D eigenvalue weighted by Gasteiger charge is 2.19. The van der Waals surface area contributed by atoms with Crippen molar-refractivity contribution in [1.82, 2.24) is 9.97 Å². The molecule has 1 aromatic carbocycles. The number of halogens is 2. The van der Waals surface area contributed by atoms with E-state index < -0.39 is 0 Å². The Morgan fingerprint density at radius 2 is 2.04 bits per heavy atom. The predicted molar refractivity (Wildman–Crippen MR) is 114 cm³/mol. The molecule has 5 nitrogen and oxygen atoms in total. The second kappa shape index (κ2) is 8.59. The Labute approximate surface area is 174 Å². The third-order valence-electron chi connectivity index (χ3n) is 4.64. The molecular formula is C21H20Cl2N4O. The Kier molecular flexibility index (Phi) is 6.17. The van der Waals surface area contributed by atoms with E-state index >= 15 is 0 Å². The molecule has 0 saturated carbocycles. The van der Waals surface area contributed by atoms with E-state index in [2.05, 4.69) is 16.4 Å². The third-order valence-corrected chi connectivity index (χ3v) is 4.87. The van der Waals surface area contributed by atoms with Gasteiger partial charge < -0.3 is 11.1 Å². The lowest BCUT2D eigenvalue weighted by atomic mass is 10.1. The normalized spacial score (nSPS) is 12.2. The molecule has 144 valence electrons. The standard InChI is InChI=1S/C21H19ClN4O.ClH/c22-15-4-1-3-14(10-15)18-11-19(16-5-2-6-17(16)25-18)26-21-8-7-13(12-24-21)9-20(23)27;/h1,3-4,7-8,10-12H,2,5-6,9H2,(H2,23,27)(H,24,25,26);1H. The third kappa shape index (κ3) is 4.43. The van der Waals surface area contributed by atoms with E-state index in [-0.39, 0.29) is 24.7 Å². The van der Waals surface area contributed by atoms with Crippen LogP contribution in [-0.4, -0.2) is 15.9 Å². The summed E-state index contributed by atoms with van der Waals surface area (Å²) in [4.78, 5) is 20.3. The molecule has 1 aliphatic carbocycles. The van der Waals surface area contributed by atoms with Crippen LogP contribution in [0.15, 0.2) is 48.7 Å². The fourth-order valence-electron chi connectivity index (χ4n) is 3.39. The SMILES string of the molecule is Cl.NC(=O)Cc1ccc(Nc2cc(-c3cccc(Cl)c3)nc3c2CCC3)nc1. The fourth-order valence-corrected chi connectivity index (χ4v) is 3.58. The van der Waals surface area contributed by atoms with Crippen molar-refractivity contribution in [3.8, 4) is 11.3 Å². The van der Waals surface area contributed by atoms with Crippen LogP contribution in [0.2, 0.25) is 5.02 Å². The van der Waals surface area contributed by atoms with E-state index in [1.54, 1.807) is 6.20 Å². The molecule has 1 aliphatic rings. The van der Waals surface area contributed by atoms with Crippen molar-refractivity contribution in [2.24, 2.45) is 5.73 Å². The first kappa shape index (κ1) is 20.1. The van der Waals surface area contributed by atoms with Crippen molar-refractivity contribution >= 4 is 41.4 Å². The summed E-state index contributed by atoms with van der Waals surface area (Å²) >= 11 is 6.15. The van der Waals surface area contributed by atoms with Gasteiger partial charge >= 0.3 is 0 Å². The number of hydrogen-bond acceptors (Lipinski definition) is 4. The van der Waals surface area contributed by atoms with Crippen molar-refractivity contribution in [3.63, 3.8) is 0 Å². The summed E-state index contributed by atoms with van der Waals surface area (Å²) in [6, 6.07) is 13.5. The first-order chi connectivity index (χ1) is 13.1. The molecule has 0 unspecified atom stereocenters. The van der Waals surface area contributed by atoms with Gasteiger partial charge in [0.05, 0.1) is 12.1 Å².